The lowest BCUT2D eigenvalue weighted by Crippen LogP contribution is -2.41. The summed E-state index contributed by atoms with van der Waals surface area (Å²) in [5, 5.41) is 13.1. The number of aryl methyl sites for hydroxylation is 1. The van der Waals surface area contributed by atoms with Crippen LogP contribution < -0.4 is 16.0 Å². The summed E-state index contributed by atoms with van der Waals surface area (Å²) in [6.07, 6.45) is 0. The first-order valence-electron chi connectivity index (χ1n) is 7.60. The summed E-state index contributed by atoms with van der Waals surface area (Å²) in [4.78, 5) is 16.1. The van der Waals surface area contributed by atoms with Crippen LogP contribution in [0.1, 0.15) is 21.5 Å². The number of guanidine groups is 1. The largest absolute Gasteiger partial charge is 0.355 e. The fraction of sp³-hybridized carbons (Fsp3) is 0.294. The SMILES string of the molecule is CN=C(NCCNC(=O)c1ccc(C)c(F)c1)NCc1ccsc1.I. The standard InChI is InChI=1S/C17H21FN4OS.HI/c1-12-3-4-14(9-15(12)18)16(23)20-6-7-21-17(19-2)22-10-13-5-8-24-11-13;/h3-5,8-9,11H,6-7,10H2,1-2H3,(H,20,23)(H2,19,21,22);1H. The molecule has 0 spiro atoms. The number of rotatable bonds is 6. The summed E-state index contributed by atoms with van der Waals surface area (Å²) in [5.74, 6) is -0.00689. The Morgan fingerprint density at radius 1 is 1.20 bits per heavy atom. The lowest BCUT2D eigenvalue weighted by Gasteiger charge is -2.12. The summed E-state index contributed by atoms with van der Waals surface area (Å²) >= 11 is 1.65. The number of hydrogen-bond acceptors (Lipinski definition) is 3. The van der Waals surface area contributed by atoms with Gasteiger partial charge in [-0.2, -0.15) is 11.3 Å². The summed E-state index contributed by atoms with van der Waals surface area (Å²) < 4.78 is 13.5. The summed E-state index contributed by atoms with van der Waals surface area (Å²) in [5.41, 5.74) is 2.03. The lowest BCUT2D eigenvalue weighted by molar-refractivity contribution is 0.0954. The quantitative estimate of drug-likeness (QED) is 0.260. The van der Waals surface area contributed by atoms with Crippen LogP contribution in [0.5, 0.6) is 0 Å². The van der Waals surface area contributed by atoms with Gasteiger partial charge in [-0.05, 0) is 47.0 Å². The molecular weight excluding hydrogens is 454 g/mol. The lowest BCUT2D eigenvalue weighted by atomic mass is 10.1. The summed E-state index contributed by atoms with van der Waals surface area (Å²) in [7, 11) is 1.69. The first-order valence-corrected chi connectivity index (χ1v) is 8.54. The Hall–Kier alpha value is -1.68. The molecule has 0 saturated carbocycles. The fourth-order valence-electron chi connectivity index (χ4n) is 1.99. The van der Waals surface area contributed by atoms with E-state index in [0.717, 1.165) is 0 Å². The molecule has 1 aromatic carbocycles. The van der Waals surface area contributed by atoms with Gasteiger partial charge in [0.2, 0.25) is 0 Å². The molecule has 8 heteroatoms. The van der Waals surface area contributed by atoms with E-state index < -0.39 is 0 Å². The predicted octanol–water partition coefficient (Wildman–Crippen LogP) is 2.91. The topological polar surface area (TPSA) is 65.5 Å². The van der Waals surface area contributed by atoms with Crippen molar-refractivity contribution in [2.24, 2.45) is 4.99 Å². The van der Waals surface area contributed by atoms with Crippen LogP contribution >= 0.6 is 35.3 Å². The number of hydrogen-bond donors (Lipinski definition) is 3. The maximum absolute atomic E-state index is 13.5. The van der Waals surface area contributed by atoms with Crippen LogP contribution in [0.3, 0.4) is 0 Å². The van der Waals surface area contributed by atoms with Gasteiger partial charge in [0.1, 0.15) is 5.82 Å². The van der Waals surface area contributed by atoms with Crippen LogP contribution in [0.4, 0.5) is 4.39 Å². The van der Waals surface area contributed by atoms with E-state index in [0.29, 0.717) is 36.7 Å². The van der Waals surface area contributed by atoms with Gasteiger partial charge in [-0.25, -0.2) is 4.39 Å². The second kappa shape index (κ2) is 11.0. The molecule has 0 bridgehead atoms. The molecule has 1 heterocycles. The third kappa shape index (κ3) is 6.99. The monoisotopic (exact) mass is 476 g/mol. The van der Waals surface area contributed by atoms with Crippen molar-refractivity contribution < 1.29 is 9.18 Å². The molecule has 0 unspecified atom stereocenters. The highest BCUT2D eigenvalue weighted by Crippen LogP contribution is 2.08. The zero-order valence-corrected chi connectivity index (χ0v) is 17.3. The highest BCUT2D eigenvalue weighted by atomic mass is 127. The minimum atomic E-state index is -0.376. The maximum Gasteiger partial charge on any atom is 0.251 e. The number of thiophene rings is 1. The number of aliphatic imine (C=N–C) groups is 1. The molecule has 25 heavy (non-hydrogen) atoms. The molecule has 1 amide bonds. The molecule has 3 N–H and O–H groups in total. The Morgan fingerprint density at radius 2 is 1.96 bits per heavy atom. The first-order chi connectivity index (χ1) is 11.6. The van der Waals surface area contributed by atoms with E-state index >= 15 is 0 Å². The average molecular weight is 476 g/mol. The zero-order chi connectivity index (χ0) is 17.4. The smallest absolute Gasteiger partial charge is 0.251 e. The number of carbonyl (C=O) groups excluding carboxylic acids is 1. The first kappa shape index (κ1) is 21.4. The molecule has 1 aromatic heterocycles. The van der Waals surface area contributed by atoms with Gasteiger partial charge in [-0.1, -0.05) is 6.07 Å². The van der Waals surface area contributed by atoms with Crippen molar-refractivity contribution in [2.75, 3.05) is 20.1 Å². The molecule has 0 saturated heterocycles. The second-order valence-electron chi connectivity index (χ2n) is 5.20. The fourth-order valence-corrected chi connectivity index (χ4v) is 2.66. The molecule has 2 rings (SSSR count). The van der Waals surface area contributed by atoms with Gasteiger partial charge >= 0.3 is 0 Å². The predicted molar refractivity (Wildman–Crippen MR) is 111 cm³/mol. The van der Waals surface area contributed by atoms with Gasteiger partial charge in [-0.3, -0.25) is 9.79 Å². The van der Waals surface area contributed by atoms with Crippen molar-refractivity contribution in [2.45, 2.75) is 13.5 Å². The third-order valence-electron chi connectivity index (χ3n) is 3.40. The molecule has 0 aliphatic carbocycles. The van der Waals surface area contributed by atoms with Crippen LogP contribution in [-0.2, 0) is 6.54 Å². The number of halogens is 2. The highest BCUT2D eigenvalue weighted by Gasteiger charge is 2.07. The number of benzene rings is 1. The van der Waals surface area contributed by atoms with Crippen LogP contribution in [0, 0.1) is 12.7 Å². The van der Waals surface area contributed by atoms with Gasteiger partial charge in [0.15, 0.2) is 5.96 Å². The Kier molecular flexibility index (Phi) is 9.43. The van der Waals surface area contributed by atoms with Crippen LogP contribution in [0.25, 0.3) is 0 Å². The molecule has 0 fully saturated rings. The van der Waals surface area contributed by atoms with Crippen molar-refractivity contribution in [1.29, 1.82) is 0 Å². The molecule has 2 aromatic rings. The average Bonchev–Trinajstić information content (AvgIpc) is 3.10. The second-order valence-corrected chi connectivity index (χ2v) is 5.98. The minimum Gasteiger partial charge on any atom is -0.355 e. The van der Waals surface area contributed by atoms with E-state index in [9.17, 15) is 9.18 Å². The van der Waals surface area contributed by atoms with Crippen molar-refractivity contribution in [3.05, 3.63) is 57.5 Å². The van der Waals surface area contributed by atoms with Gasteiger partial charge in [0.05, 0.1) is 0 Å². The molecule has 0 atom stereocenters. The van der Waals surface area contributed by atoms with Crippen molar-refractivity contribution in [1.82, 2.24) is 16.0 Å². The van der Waals surface area contributed by atoms with E-state index in [1.807, 2.05) is 11.4 Å². The molecule has 0 aliphatic heterocycles. The zero-order valence-electron chi connectivity index (χ0n) is 14.1. The number of nitrogens with one attached hydrogen (secondary N) is 3. The normalized spacial score (nSPS) is 10.8. The van der Waals surface area contributed by atoms with E-state index in [2.05, 4.69) is 26.3 Å². The molecule has 136 valence electrons. The third-order valence-corrected chi connectivity index (χ3v) is 4.13. The van der Waals surface area contributed by atoms with Crippen LogP contribution in [0.15, 0.2) is 40.0 Å². The van der Waals surface area contributed by atoms with Crippen molar-refractivity contribution in [3.63, 3.8) is 0 Å². The van der Waals surface area contributed by atoms with E-state index in [1.165, 1.54) is 11.6 Å². The van der Waals surface area contributed by atoms with Gasteiger partial charge < -0.3 is 16.0 Å². The van der Waals surface area contributed by atoms with Gasteiger partial charge in [0, 0.05) is 32.2 Å². The van der Waals surface area contributed by atoms with Gasteiger partial charge in [0.25, 0.3) is 5.91 Å². The highest BCUT2D eigenvalue weighted by molar-refractivity contribution is 14.0. The molecule has 0 aliphatic rings. The summed E-state index contributed by atoms with van der Waals surface area (Å²) in [6, 6.07) is 6.51. The maximum atomic E-state index is 13.5. The van der Waals surface area contributed by atoms with Crippen molar-refractivity contribution in [3.8, 4) is 0 Å². The van der Waals surface area contributed by atoms with E-state index in [1.54, 1.807) is 37.4 Å². The Balaban J connectivity index is 0.00000312. The Bertz CT molecular complexity index is 707. The van der Waals surface area contributed by atoms with E-state index in [-0.39, 0.29) is 35.7 Å². The van der Waals surface area contributed by atoms with Crippen molar-refractivity contribution >= 4 is 47.2 Å². The van der Waals surface area contributed by atoms with Crippen LogP contribution in [0.2, 0.25) is 0 Å². The Labute approximate surface area is 168 Å². The number of carbonyl (C=O) groups is 1. The number of nitrogens with zero attached hydrogens (tertiary/aromatic N) is 1. The number of amides is 1. The Morgan fingerprint density at radius 3 is 2.60 bits per heavy atom. The van der Waals surface area contributed by atoms with Gasteiger partial charge in [-0.15, -0.1) is 24.0 Å². The molecule has 5 nitrogen and oxygen atoms in total. The van der Waals surface area contributed by atoms with Crippen LogP contribution in [-0.4, -0.2) is 32.0 Å². The minimum absolute atomic E-state index is 0. The summed E-state index contributed by atoms with van der Waals surface area (Å²) in [6.45, 7) is 3.28. The molecular formula is C17H22FIN4OS. The van der Waals surface area contributed by atoms with E-state index in [4.69, 9.17) is 0 Å². The molecule has 0 radical (unpaired) electrons.